The second kappa shape index (κ2) is 10.7. The van der Waals surface area contributed by atoms with Crippen LogP contribution in [0.2, 0.25) is 0 Å². The molecule has 0 spiro atoms. The number of unbranched alkanes of at least 4 members (excludes halogenated alkanes) is 7. The quantitative estimate of drug-likeness (QED) is 0.525. The van der Waals surface area contributed by atoms with Gasteiger partial charge in [-0.1, -0.05) is 51.9 Å². The Morgan fingerprint density at radius 3 is 2.11 bits per heavy atom. The average Bonchev–Trinajstić information content (AvgIpc) is 2.70. The Bertz CT molecular complexity index is 856. The van der Waals surface area contributed by atoms with E-state index in [4.69, 9.17) is 9.47 Å². The number of aryl methyl sites for hydroxylation is 1. The molecule has 0 saturated heterocycles. The number of methoxy groups -OCH3 is 2. The van der Waals surface area contributed by atoms with E-state index in [1.807, 2.05) is 4.57 Å². The molecule has 0 aliphatic rings. The molecule has 0 aliphatic heterocycles. The molecule has 0 aliphatic carbocycles. The van der Waals surface area contributed by atoms with E-state index >= 15 is 0 Å². The first-order valence-corrected chi connectivity index (χ1v) is 10.1. The maximum Gasteiger partial charge on any atom is 0.341 e. The summed E-state index contributed by atoms with van der Waals surface area (Å²) in [5.41, 5.74) is -0.0643. The van der Waals surface area contributed by atoms with Gasteiger partial charge in [0.15, 0.2) is 11.5 Å². The Morgan fingerprint density at radius 1 is 0.964 bits per heavy atom. The van der Waals surface area contributed by atoms with Gasteiger partial charge in [-0.05, 0) is 12.5 Å². The third kappa shape index (κ3) is 5.27. The average molecular weight is 389 g/mol. The van der Waals surface area contributed by atoms with Crippen LogP contribution < -0.4 is 14.9 Å². The minimum absolute atomic E-state index is 0.223. The molecule has 0 atom stereocenters. The van der Waals surface area contributed by atoms with Crippen LogP contribution in [0.25, 0.3) is 10.9 Å². The van der Waals surface area contributed by atoms with E-state index in [9.17, 15) is 14.7 Å². The summed E-state index contributed by atoms with van der Waals surface area (Å²) >= 11 is 0. The van der Waals surface area contributed by atoms with E-state index in [1.54, 1.807) is 12.1 Å². The van der Waals surface area contributed by atoms with Gasteiger partial charge < -0.3 is 19.1 Å². The number of aromatic carboxylic acids is 1. The van der Waals surface area contributed by atoms with Crippen LogP contribution in [0.3, 0.4) is 0 Å². The van der Waals surface area contributed by atoms with Gasteiger partial charge in [-0.3, -0.25) is 4.79 Å². The molecule has 0 fully saturated rings. The van der Waals surface area contributed by atoms with Crippen molar-refractivity contribution in [2.45, 2.75) is 64.8 Å². The summed E-state index contributed by atoms with van der Waals surface area (Å²) in [7, 11) is 3.03. The van der Waals surface area contributed by atoms with E-state index in [0.29, 0.717) is 28.9 Å². The number of carbonyl (C=O) groups is 1. The molecule has 1 aromatic carbocycles. The largest absolute Gasteiger partial charge is 0.493 e. The van der Waals surface area contributed by atoms with Crippen molar-refractivity contribution < 1.29 is 19.4 Å². The monoisotopic (exact) mass is 389 g/mol. The van der Waals surface area contributed by atoms with E-state index in [1.165, 1.54) is 58.9 Å². The van der Waals surface area contributed by atoms with Crippen LogP contribution >= 0.6 is 0 Å². The number of nitrogens with zero attached hydrogens (tertiary/aromatic N) is 1. The van der Waals surface area contributed by atoms with E-state index < -0.39 is 11.4 Å². The Morgan fingerprint density at radius 2 is 1.54 bits per heavy atom. The smallest absolute Gasteiger partial charge is 0.341 e. The summed E-state index contributed by atoms with van der Waals surface area (Å²) in [6.07, 6.45) is 11.0. The van der Waals surface area contributed by atoms with E-state index in [2.05, 4.69) is 6.92 Å². The second-order valence-electron chi connectivity index (χ2n) is 7.07. The molecule has 6 heteroatoms. The number of benzene rings is 1. The fourth-order valence-corrected chi connectivity index (χ4v) is 3.47. The van der Waals surface area contributed by atoms with Crippen LogP contribution in [-0.4, -0.2) is 29.9 Å². The summed E-state index contributed by atoms with van der Waals surface area (Å²) in [5.74, 6) is -0.290. The van der Waals surface area contributed by atoms with Crippen molar-refractivity contribution in [1.82, 2.24) is 4.57 Å². The number of rotatable bonds is 12. The van der Waals surface area contributed by atoms with E-state index in [-0.39, 0.29) is 5.56 Å². The lowest BCUT2D eigenvalue weighted by Gasteiger charge is -2.15. The molecule has 154 valence electrons. The molecule has 0 radical (unpaired) electrons. The maximum atomic E-state index is 12.6. The molecule has 1 aromatic heterocycles. The van der Waals surface area contributed by atoms with Crippen molar-refractivity contribution in [3.05, 3.63) is 34.1 Å². The Labute approximate surface area is 166 Å². The molecule has 6 nitrogen and oxygen atoms in total. The van der Waals surface area contributed by atoms with Gasteiger partial charge in [0, 0.05) is 18.8 Å². The topological polar surface area (TPSA) is 77.8 Å². The summed E-state index contributed by atoms with van der Waals surface area (Å²) in [4.78, 5) is 24.1. The first-order valence-electron chi connectivity index (χ1n) is 10.1. The minimum atomic E-state index is -1.22. The van der Waals surface area contributed by atoms with Crippen LogP contribution in [0.1, 0.15) is 68.6 Å². The van der Waals surface area contributed by atoms with Crippen molar-refractivity contribution in [2.75, 3.05) is 14.2 Å². The number of pyridine rings is 1. The van der Waals surface area contributed by atoms with E-state index in [0.717, 1.165) is 12.8 Å². The molecule has 28 heavy (non-hydrogen) atoms. The number of carboxylic acids is 1. The van der Waals surface area contributed by atoms with Gasteiger partial charge in [0.2, 0.25) is 5.43 Å². The lowest BCUT2D eigenvalue weighted by atomic mass is 10.1. The third-order valence-electron chi connectivity index (χ3n) is 5.07. The number of carboxylic acid groups (broad SMARTS) is 1. The molecule has 0 unspecified atom stereocenters. The normalized spacial score (nSPS) is 11.0. The number of ether oxygens (including phenoxy) is 2. The SMILES string of the molecule is CCCCCCCCCCn1cc(C(=O)O)c(=O)c2cc(OC)c(OC)cc21. The molecule has 0 bridgehead atoms. The predicted molar refractivity (Wildman–Crippen MR) is 111 cm³/mol. The van der Waals surface area contributed by atoms with Gasteiger partial charge in [0.05, 0.1) is 25.1 Å². The second-order valence-corrected chi connectivity index (χ2v) is 7.07. The number of hydrogen-bond acceptors (Lipinski definition) is 4. The summed E-state index contributed by atoms with van der Waals surface area (Å²) in [6, 6.07) is 3.30. The van der Waals surface area contributed by atoms with Gasteiger partial charge >= 0.3 is 5.97 Å². The molecule has 0 amide bonds. The van der Waals surface area contributed by atoms with Gasteiger partial charge in [-0.15, -0.1) is 0 Å². The number of hydrogen-bond donors (Lipinski definition) is 1. The third-order valence-corrected chi connectivity index (χ3v) is 5.07. The summed E-state index contributed by atoms with van der Waals surface area (Å²) in [5, 5.41) is 9.75. The highest BCUT2D eigenvalue weighted by atomic mass is 16.5. The molecular formula is C22H31NO5. The number of fused-ring (bicyclic) bond motifs is 1. The van der Waals surface area contributed by atoms with Crippen LogP contribution in [0.4, 0.5) is 0 Å². The zero-order valence-electron chi connectivity index (χ0n) is 17.1. The van der Waals surface area contributed by atoms with Crippen molar-refractivity contribution >= 4 is 16.9 Å². The van der Waals surface area contributed by atoms with Crippen LogP contribution in [0.5, 0.6) is 11.5 Å². The highest BCUT2D eigenvalue weighted by Crippen LogP contribution is 2.31. The number of aromatic nitrogens is 1. The zero-order chi connectivity index (χ0) is 20.5. The van der Waals surface area contributed by atoms with Crippen LogP contribution in [0, 0.1) is 0 Å². The van der Waals surface area contributed by atoms with Crippen LogP contribution in [-0.2, 0) is 6.54 Å². The lowest BCUT2D eigenvalue weighted by molar-refractivity contribution is 0.0695. The Kier molecular flexibility index (Phi) is 8.36. The molecule has 1 heterocycles. The molecule has 2 rings (SSSR count). The molecule has 2 aromatic rings. The molecule has 0 saturated carbocycles. The standard InChI is InChI=1S/C22H31NO5/c1-4-5-6-7-8-9-10-11-12-23-15-17(22(25)26)21(24)16-13-19(27-2)20(28-3)14-18(16)23/h13-15H,4-12H2,1-3H3,(H,25,26). The highest BCUT2D eigenvalue weighted by Gasteiger charge is 2.17. The minimum Gasteiger partial charge on any atom is -0.493 e. The van der Waals surface area contributed by atoms with Crippen molar-refractivity contribution in [3.63, 3.8) is 0 Å². The van der Waals surface area contributed by atoms with Crippen molar-refractivity contribution in [3.8, 4) is 11.5 Å². The van der Waals surface area contributed by atoms with Crippen molar-refractivity contribution in [1.29, 1.82) is 0 Å². The van der Waals surface area contributed by atoms with Gasteiger partial charge in [-0.2, -0.15) is 0 Å². The fraction of sp³-hybridized carbons (Fsp3) is 0.545. The fourth-order valence-electron chi connectivity index (χ4n) is 3.47. The maximum absolute atomic E-state index is 12.6. The van der Waals surface area contributed by atoms with Gasteiger partial charge in [-0.25, -0.2) is 4.79 Å². The summed E-state index contributed by atoms with van der Waals surface area (Å²) < 4.78 is 12.5. The zero-order valence-corrected chi connectivity index (χ0v) is 17.1. The first-order chi connectivity index (χ1) is 13.5. The highest BCUT2D eigenvalue weighted by molar-refractivity contribution is 5.93. The van der Waals surface area contributed by atoms with Gasteiger partial charge in [0.25, 0.3) is 0 Å². The van der Waals surface area contributed by atoms with Crippen molar-refractivity contribution in [2.24, 2.45) is 0 Å². The Hall–Kier alpha value is -2.50. The summed E-state index contributed by atoms with van der Waals surface area (Å²) in [6.45, 7) is 2.87. The van der Waals surface area contributed by atoms with Gasteiger partial charge in [0.1, 0.15) is 5.56 Å². The Balaban J connectivity index is 2.22. The molecule has 1 N–H and O–H groups in total. The van der Waals surface area contributed by atoms with Crippen LogP contribution in [0.15, 0.2) is 23.1 Å². The predicted octanol–water partition coefficient (Wildman–Crippen LogP) is 4.86. The lowest BCUT2D eigenvalue weighted by Crippen LogP contribution is -2.19. The molecular weight excluding hydrogens is 358 g/mol. The first kappa shape index (κ1) is 21.8.